The van der Waals surface area contributed by atoms with E-state index in [9.17, 15) is 0 Å². The van der Waals surface area contributed by atoms with Crippen molar-refractivity contribution in [2.75, 3.05) is 5.73 Å². The summed E-state index contributed by atoms with van der Waals surface area (Å²) >= 11 is 0. The Labute approximate surface area is 106 Å². The zero-order valence-electron chi connectivity index (χ0n) is 10.2. The number of nitrogens with two attached hydrogens (primary N) is 1. The van der Waals surface area contributed by atoms with Crippen LogP contribution in [0.1, 0.15) is 5.56 Å². The summed E-state index contributed by atoms with van der Waals surface area (Å²) in [5, 5.41) is 1.12. The number of pyridine rings is 1. The summed E-state index contributed by atoms with van der Waals surface area (Å²) in [5.74, 6) is 0.586. The second kappa shape index (κ2) is 4.15. The molecule has 0 radical (unpaired) electrons. The fraction of sp³-hybridized carbons (Fsp3) is 0.0625. The van der Waals surface area contributed by atoms with Crippen molar-refractivity contribution in [1.29, 1.82) is 0 Å². The molecule has 2 nitrogen and oxygen atoms in total. The normalized spacial score (nSPS) is 10.7. The topological polar surface area (TPSA) is 38.9 Å². The minimum absolute atomic E-state index is 0.586. The fourth-order valence-corrected chi connectivity index (χ4v) is 2.22. The van der Waals surface area contributed by atoms with Crippen molar-refractivity contribution in [3.8, 4) is 11.1 Å². The van der Waals surface area contributed by atoms with Gasteiger partial charge in [-0.1, -0.05) is 42.5 Å². The molecule has 2 aromatic carbocycles. The first-order valence-corrected chi connectivity index (χ1v) is 5.97. The van der Waals surface area contributed by atoms with Gasteiger partial charge in [0.25, 0.3) is 0 Å². The molecule has 0 aliphatic rings. The van der Waals surface area contributed by atoms with E-state index in [1.807, 2.05) is 30.3 Å². The van der Waals surface area contributed by atoms with Crippen LogP contribution >= 0.6 is 0 Å². The minimum atomic E-state index is 0.586. The Balaban J connectivity index is 2.30. The first kappa shape index (κ1) is 10.8. The standard InChI is InChI=1S/C16H14N2/c1-11-6-2-4-8-13(11)14-10-12-7-3-5-9-15(12)18-16(14)17/h2-10H,1H3,(H2,17,18). The first-order valence-electron chi connectivity index (χ1n) is 5.97. The molecule has 0 bridgehead atoms. The molecule has 88 valence electrons. The van der Waals surface area contributed by atoms with E-state index in [0.29, 0.717) is 5.82 Å². The van der Waals surface area contributed by atoms with Crippen molar-refractivity contribution in [3.05, 3.63) is 60.2 Å². The molecule has 0 saturated heterocycles. The summed E-state index contributed by atoms with van der Waals surface area (Å²) in [4.78, 5) is 4.47. The molecule has 0 atom stereocenters. The zero-order valence-corrected chi connectivity index (χ0v) is 10.2. The van der Waals surface area contributed by atoms with Crippen LogP contribution in [0.5, 0.6) is 0 Å². The molecule has 0 aliphatic heterocycles. The van der Waals surface area contributed by atoms with E-state index in [1.165, 1.54) is 5.56 Å². The zero-order chi connectivity index (χ0) is 12.5. The van der Waals surface area contributed by atoms with Gasteiger partial charge in [0.1, 0.15) is 5.82 Å². The van der Waals surface area contributed by atoms with Gasteiger partial charge < -0.3 is 5.73 Å². The van der Waals surface area contributed by atoms with E-state index >= 15 is 0 Å². The predicted octanol–water partition coefficient (Wildman–Crippen LogP) is 3.79. The van der Waals surface area contributed by atoms with Gasteiger partial charge in [-0.05, 0) is 30.2 Å². The van der Waals surface area contributed by atoms with Crippen LogP contribution < -0.4 is 5.73 Å². The highest BCUT2D eigenvalue weighted by molar-refractivity contribution is 5.89. The van der Waals surface area contributed by atoms with E-state index < -0.39 is 0 Å². The SMILES string of the molecule is Cc1ccccc1-c1cc2ccccc2nc1N. The van der Waals surface area contributed by atoms with Crippen LogP contribution in [0.3, 0.4) is 0 Å². The number of aromatic nitrogens is 1. The lowest BCUT2D eigenvalue weighted by Crippen LogP contribution is -1.96. The van der Waals surface area contributed by atoms with Crippen molar-refractivity contribution in [2.24, 2.45) is 0 Å². The number of anilines is 1. The van der Waals surface area contributed by atoms with Crippen LogP contribution in [-0.4, -0.2) is 4.98 Å². The summed E-state index contributed by atoms with van der Waals surface area (Å²) in [7, 11) is 0. The summed E-state index contributed by atoms with van der Waals surface area (Å²) in [6.45, 7) is 2.09. The highest BCUT2D eigenvalue weighted by Gasteiger charge is 2.07. The first-order chi connectivity index (χ1) is 8.75. The number of fused-ring (bicyclic) bond motifs is 1. The van der Waals surface area contributed by atoms with Crippen molar-refractivity contribution in [2.45, 2.75) is 6.92 Å². The summed E-state index contributed by atoms with van der Waals surface area (Å²) in [6, 6.07) is 18.4. The lowest BCUT2D eigenvalue weighted by atomic mass is 10.00. The highest BCUT2D eigenvalue weighted by Crippen LogP contribution is 2.30. The second-order valence-corrected chi connectivity index (χ2v) is 4.43. The number of para-hydroxylation sites is 1. The number of aryl methyl sites for hydroxylation is 1. The number of hydrogen-bond acceptors (Lipinski definition) is 2. The molecule has 2 N–H and O–H groups in total. The molecule has 0 saturated carbocycles. The van der Waals surface area contributed by atoms with Gasteiger partial charge in [0.05, 0.1) is 5.52 Å². The third kappa shape index (κ3) is 1.72. The van der Waals surface area contributed by atoms with Crippen LogP contribution in [0.2, 0.25) is 0 Å². The monoisotopic (exact) mass is 234 g/mol. The maximum Gasteiger partial charge on any atom is 0.132 e. The van der Waals surface area contributed by atoms with Gasteiger partial charge in [0, 0.05) is 10.9 Å². The number of nitrogens with zero attached hydrogens (tertiary/aromatic N) is 1. The van der Waals surface area contributed by atoms with Gasteiger partial charge >= 0.3 is 0 Å². The van der Waals surface area contributed by atoms with Crippen molar-refractivity contribution >= 4 is 16.7 Å². The minimum Gasteiger partial charge on any atom is -0.383 e. The van der Waals surface area contributed by atoms with Gasteiger partial charge in [-0.3, -0.25) is 0 Å². The molecule has 0 unspecified atom stereocenters. The highest BCUT2D eigenvalue weighted by atomic mass is 14.8. The van der Waals surface area contributed by atoms with Gasteiger partial charge in [0.2, 0.25) is 0 Å². The molecule has 0 fully saturated rings. The molecule has 2 heteroatoms. The quantitative estimate of drug-likeness (QED) is 0.695. The Morgan fingerprint density at radius 2 is 1.61 bits per heavy atom. The average molecular weight is 234 g/mol. The molecular weight excluding hydrogens is 220 g/mol. The van der Waals surface area contributed by atoms with E-state index in [-0.39, 0.29) is 0 Å². The Morgan fingerprint density at radius 3 is 2.44 bits per heavy atom. The third-order valence-corrected chi connectivity index (χ3v) is 3.19. The Morgan fingerprint density at radius 1 is 0.889 bits per heavy atom. The van der Waals surface area contributed by atoms with E-state index in [1.54, 1.807) is 0 Å². The molecule has 0 aliphatic carbocycles. The Bertz CT molecular complexity index is 717. The van der Waals surface area contributed by atoms with E-state index in [2.05, 4.69) is 36.2 Å². The molecule has 1 heterocycles. The summed E-state index contributed by atoms with van der Waals surface area (Å²) in [6.07, 6.45) is 0. The fourth-order valence-electron chi connectivity index (χ4n) is 2.22. The Kier molecular flexibility index (Phi) is 2.49. The lowest BCUT2D eigenvalue weighted by Gasteiger charge is -2.09. The predicted molar refractivity (Wildman–Crippen MR) is 76.3 cm³/mol. The second-order valence-electron chi connectivity index (χ2n) is 4.43. The molecule has 0 spiro atoms. The molecule has 3 rings (SSSR count). The van der Waals surface area contributed by atoms with Crippen molar-refractivity contribution in [3.63, 3.8) is 0 Å². The van der Waals surface area contributed by atoms with Crippen LogP contribution in [-0.2, 0) is 0 Å². The van der Waals surface area contributed by atoms with E-state index in [4.69, 9.17) is 5.73 Å². The Hall–Kier alpha value is -2.35. The van der Waals surface area contributed by atoms with Crippen molar-refractivity contribution < 1.29 is 0 Å². The van der Waals surface area contributed by atoms with Gasteiger partial charge in [0.15, 0.2) is 0 Å². The van der Waals surface area contributed by atoms with Crippen LogP contribution in [0.15, 0.2) is 54.6 Å². The van der Waals surface area contributed by atoms with Crippen LogP contribution in [0.4, 0.5) is 5.82 Å². The lowest BCUT2D eigenvalue weighted by molar-refractivity contribution is 1.39. The number of rotatable bonds is 1. The van der Waals surface area contributed by atoms with Gasteiger partial charge in [-0.2, -0.15) is 0 Å². The number of hydrogen-bond donors (Lipinski definition) is 1. The molecule has 18 heavy (non-hydrogen) atoms. The van der Waals surface area contributed by atoms with Crippen molar-refractivity contribution in [1.82, 2.24) is 4.98 Å². The molecule has 0 amide bonds. The number of benzene rings is 2. The van der Waals surface area contributed by atoms with E-state index in [0.717, 1.165) is 22.0 Å². The maximum absolute atomic E-state index is 6.08. The largest absolute Gasteiger partial charge is 0.383 e. The molecule has 3 aromatic rings. The molecular formula is C16H14N2. The maximum atomic E-state index is 6.08. The van der Waals surface area contributed by atoms with Gasteiger partial charge in [-0.15, -0.1) is 0 Å². The molecule has 1 aromatic heterocycles. The number of nitrogen functional groups attached to an aromatic ring is 1. The van der Waals surface area contributed by atoms with Crippen LogP contribution in [0, 0.1) is 6.92 Å². The third-order valence-electron chi connectivity index (χ3n) is 3.19. The van der Waals surface area contributed by atoms with Gasteiger partial charge in [-0.25, -0.2) is 4.98 Å². The smallest absolute Gasteiger partial charge is 0.132 e. The summed E-state index contributed by atoms with van der Waals surface area (Å²) < 4.78 is 0. The van der Waals surface area contributed by atoms with Crippen LogP contribution in [0.25, 0.3) is 22.0 Å². The summed E-state index contributed by atoms with van der Waals surface area (Å²) in [5.41, 5.74) is 10.4. The average Bonchev–Trinajstić information content (AvgIpc) is 2.39.